The lowest BCUT2D eigenvalue weighted by Crippen LogP contribution is -2.35. The molecular formula is C10H14N2O3. The SMILES string of the molecule is CC(O)CN(C)C(=O)c1c[nH]ccc1=O. The summed E-state index contributed by atoms with van der Waals surface area (Å²) in [6, 6.07) is 1.30. The maximum absolute atomic E-state index is 11.7. The summed E-state index contributed by atoms with van der Waals surface area (Å²) in [6.07, 6.45) is 2.22. The molecule has 82 valence electrons. The Balaban J connectivity index is 2.86. The Kier molecular flexibility index (Phi) is 3.62. The predicted molar refractivity (Wildman–Crippen MR) is 55.7 cm³/mol. The number of pyridine rings is 1. The Bertz CT molecular complexity index is 398. The second-order valence-electron chi connectivity index (χ2n) is 3.46. The summed E-state index contributed by atoms with van der Waals surface area (Å²) in [6.45, 7) is 1.78. The van der Waals surface area contributed by atoms with Crippen LogP contribution >= 0.6 is 0 Å². The van der Waals surface area contributed by atoms with Crippen LogP contribution in [0.4, 0.5) is 0 Å². The Labute approximate surface area is 87.4 Å². The summed E-state index contributed by atoms with van der Waals surface area (Å²) in [5, 5.41) is 9.11. The minimum Gasteiger partial charge on any atom is -0.392 e. The van der Waals surface area contributed by atoms with Gasteiger partial charge >= 0.3 is 0 Å². The molecule has 1 aromatic heterocycles. The average Bonchev–Trinajstić information content (AvgIpc) is 2.16. The van der Waals surface area contributed by atoms with Crippen LogP contribution in [0.2, 0.25) is 0 Å². The van der Waals surface area contributed by atoms with E-state index in [1.807, 2.05) is 0 Å². The van der Waals surface area contributed by atoms with Gasteiger partial charge in [-0.1, -0.05) is 0 Å². The molecule has 1 amide bonds. The number of aliphatic hydroxyl groups excluding tert-OH is 1. The molecule has 0 aliphatic rings. The third-order valence-electron chi connectivity index (χ3n) is 1.94. The fourth-order valence-electron chi connectivity index (χ4n) is 1.27. The van der Waals surface area contributed by atoms with Crippen LogP contribution in [0.5, 0.6) is 0 Å². The molecule has 1 atom stereocenters. The monoisotopic (exact) mass is 210 g/mol. The molecule has 1 rings (SSSR count). The largest absolute Gasteiger partial charge is 0.392 e. The van der Waals surface area contributed by atoms with Crippen molar-refractivity contribution >= 4 is 5.91 Å². The molecule has 0 aliphatic carbocycles. The maximum atomic E-state index is 11.7. The zero-order valence-electron chi connectivity index (χ0n) is 8.73. The molecule has 0 aromatic carbocycles. The summed E-state index contributed by atoms with van der Waals surface area (Å²) in [7, 11) is 1.54. The summed E-state index contributed by atoms with van der Waals surface area (Å²) in [4.78, 5) is 27.0. The van der Waals surface area contributed by atoms with Crippen molar-refractivity contribution in [3.8, 4) is 0 Å². The van der Waals surface area contributed by atoms with Gasteiger partial charge in [0.1, 0.15) is 5.56 Å². The van der Waals surface area contributed by atoms with Crippen molar-refractivity contribution in [1.82, 2.24) is 9.88 Å². The van der Waals surface area contributed by atoms with E-state index < -0.39 is 12.0 Å². The lowest BCUT2D eigenvalue weighted by atomic mass is 10.2. The molecular weight excluding hydrogens is 196 g/mol. The number of amides is 1. The third-order valence-corrected chi connectivity index (χ3v) is 1.94. The molecule has 15 heavy (non-hydrogen) atoms. The summed E-state index contributed by atoms with van der Waals surface area (Å²) < 4.78 is 0. The van der Waals surface area contributed by atoms with Crippen LogP contribution in [0.25, 0.3) is 0 Å². The molecule has 1 heterocycles. The fourth-order valence-corrected chi connectivity index (χ4v) is 1.27. The molecule has 5 nitrogen and oxygen atoms in total. The van der Waals surface area contributed by atoms with Crippen molar-refractivity contribution in [2.75, 3.05) is 13.6 Å². The lowest BCUT2D eigenvalue weighted by molar-refractivity contribution is 0.0702. The second kappa shape index (κ2) is 4.75. The molecule has 0 fully saturated rings. The molecule has 5 heteroatoms. The summed E-state index contributed by atoms with van der Waals surface area (Å²) in [5.41, 5.74) is -0.239. The standard InChI is InChI=1S/C10H14N2O3/c1-7(13)6-12(2)10(15)8-5-11-4-3-9(8)14/h3-5,7,13H,6H2,1-2H3,(H,11,14). The number of likely N-dealkylation sites (N-methyl/N-ethyl adjacent to an activating group) is 1. The highest BCUT2D eigenvalue weighted by atomic mass is 16.3. The van der Waals surface area contributed by atoms with Crippen LogP contribution in [0, 0.1) is 0 Å². The van der Waals surface area contributed by atoms with Gasteiger partial charge in [-0.3, -0.25) is 9.59 Å². The Morgan fingerprint density at radius 2 is 2.33 bits per heavy atom. The van der Waals surface area contributed by atoms with Crippen molar-refractivity contribution in [2.24, 2.45) is 0 Å². The molecule has 0 spiro atoms. The Morgan fingerprint density at radius 3 is 2.87 bits per heavy atom. The topological polar surface area (TPSA) is 73.4 Å². The minimum absolute atomic E-state index is 0.0839. The van der Waals surface area contributed by atoms with E-state index in [1.165, 1.54) is 23.4 Å². The Morgan fingerprint density at radius 1 is 1.67 bits per heavy atom. The highest BCUT2D eigenvalue weighted by Gasteiger charge is 2.15. The molecule has 1 unspecified atom stereocenters. The second-order valence-corrected chi connectivity index (χ2v) is 3.46. The van der Waals surface area contributed by atoms with Gasteiger partial charge < -0.3 is 15.0 Å². The highest BCUT2D eigenvalue weighted by Crippen LogP contribution is 1.97. The van der Waals surface area contributed by atoms with E-state index in [-0.39, 0.29) is 17.5 Å². The summed E-state index contributed by atoms with van der Waals surface area (Å²) >= 11 is 0. The van der Waals surface area contributed by atoms with E-state index in [9.17, 15) is 9.59 Å². The third kappa shape index (κ3) is 2.92. The number of carbonyl (C=O) groups is 1. The molecule has 0 aliphatic heterocycles. The zero-order chi connectivity index (χ0) is 11.4. The smallest absolute Gasteiger partial charge is 0.259 e. The van der Waals surface area contributed by atoms with Crippen molar-refractivity contribution in [1.29, 1.82) is 0 Å². The van der Waals surface area contributed by atoms with Crippen LogP contribution in [-0.2, 0) is 0 Å². The van der Waals surface area contributed by atoms with E-state index in [1.54, 1.807) is 14.0 Å². The van der Waals surface area contributed by atoms with Gasteiger partial charge in [0.2, 0.25) is 0 Å². The number of carbonyl (C=O) groups excluding carboxylic acids is 1. The maximum Gasteiger partial charge on any atom is 0.259 e. The van der Waals surface area contributed by atoms with Gasteiger partial charge in [0, 0.05) is 32.1 Å². The van der Waals surface area contributed by atoms with Crippen LogP contribution in [0.15, 0.2) is 23.3 Å². The number of H-pyrrole nitrogens is 1. The van der Waals surface area contributed by atoms with Gasteiger partial charge in [-0.05, 0) is 6.92 Å². The van der Waals surface area contributed by atoms with E-state index in [0.29, 0.717) is 0 Å². The number of hydrogen-bond donors (Lipinski definition) is 2. The van der Waals surface area contributed by atoms with Gasteiger partial charge in [0.15, 0.2) is 5.43 Å². The quantitative estimate of drug-likeness (QED) is 0.727. The van der Waals surface area contributed by atoms with Crippen LogP contribution < -0.4 is 5.43 Å². The van der Waals surface area contributed by atoms with E-state index in [4.69, 9.17) is 5.11 Å². The first-order chi connectivity index (χ1) is 7.02. The lowest BCUT2D eigenvalue weighted by Gasteiger charge is -2.18. The number of aliphatic hydroxyl groups is 1. The first kappa shape index (κ1) is 11.5. The van der Waals surface area contributed by atoms with E-state index >= 15 is 0 Å². The van der Waals surface area contributed by atoms with Gasteiger partial charge in [0.05, 0.1) is 6.10 Å². The number of nitrogens with zero attached hydrogens (tertiary/aromatic N) is 1. The van der Waals surface area contributed by atoms with Crippen molar-refractivity contribution in [3.05, 3.63) is 34.2 Å². The molecule has 2 N–H and O–H groups in total. The zero-order valence-corrected chi connectivity index (χ0v) is 8.73. The minimum atomic E-state index is -0.609. The van der Waals surface area contributed by atoms with E-state index in [2.05, 4.69) is 4.98 Å². The van der Waals surface area contributed by atoms with Gasteiger partial charge in [-0.25, -0.2) is 0 Å². The predicted octanol–water partition coefficient (Wildman–Crippen LogP) is -0.172. The van der Waals surface area contributed by atoms with Gasteiger partial charge in [-0.15, -0.1) is 0 Å². The highest BCUT2D eigenvalue weighted by molar-refractivity contribution is 5.93. The molecule has 0 saturated carbocycles. The molecule has 0 bridgehead atoms. The van der Waals surface area contributed by atoms with Crippen molar-refractivity contribution in [3.63, 3.8) is 0 Å². The summed E-state index contributed by atoms with van der Waals surface area (Å²) in [5.74, 6) is -0.391. The Hall–Kier alpha value is -1.62. The van der Waals surface area contributed by atoms with Gasteiger partial charge in [0.25, 0.3) is 5.91 Å². The van der Waals surface area contributed by atoms with Crippen LogP contribution in [0.1, 0.15) is 17.3 Å². The van der Waals surface area contributed by atoms with E-state index in [0.717, 1.165) is 0 Å². The number of nitrogens with one attached hydrogen (secondary N) is 1. The first-order valence-electron chi connectivity index (χ1n) is 4.63. The van der Waals surface area contributed by atoms with Gasteiger partial charge in [-0.2, -0.15) is 0 Å². The molecule has 0 radical (unpaired) electrons. The number of aromatic nitrogens is 1. The number of rotatable bonds is 3. The van der Waals surface area contributed by atoms with Crippen molar-refractivity contribution < 1.29 is 9.90 Å². The molecule has 0 saturated heterocycles. The number of hydrogen-bond acceptors (Lipinski definition) is 3. The average molecular weight is 210 g/mol. The first-order valence-corrected chi connectivity index (χ1v) is 4.63. The van der Waals surface area contributed by atoms with Crippen molar-refractivity contribution in [2.45, 2.75) is 13.0 Å². The normalized spacial score (nSPS) is 12.2. The number of aromatic amines is 1. The van der Waals surface area contributed by atoms with Crippen LogP contribution in [-0.4, -0.2) is 40.6 Å². The fraction of sp³-hybridized carbons (Fsp3) is 0.400. The van der Waals surface area contributed by atoms with Crippen LogP contribution in [0.3, 0.4) is 0 Å². The molecule has 1 aromatic rings.